The van der Waals surface area contributed by atoms with E-state index < -0.39 is 0 Å². The Bertz CT molecular complexity index is 561. The third-order valence-electron chi connectivity index (χ3n) is 5.56. The Morgan fingerprint density at radius 3 is 2.75 bits per heavy atom. The smallest absolute Gasteiger partial charge is 0.330 e. The van der Waals surface area contributed by atoms with Crippen molar-refractivity contribution in [2.45, 2.75) is 46.1 Å². The molecule has 3 rings (SSSR count). The molecule has 1 aromatic heterocycles. The molecule has 3 unspecified atom stereocenters. The molecule has 110 valence electrons. The highest BCUT2D eigenvalue weighted by Crippen LogP contribution is 2.63. The van der Waals surface area contributed by atoms with Gasteiger partial charge in [-0.05, 0) is 36.0 Å². The van der Waals surface area contributed by atoms with Gasteiger partial charge in [0.05, 0.1) is 4.92 Å². The summed E-state index contributed by atoms with van der Waals surface area (Å²) in [6.07, 6.45) is 5.13. The van der Waals surface area contributed by atoms with Gasteiger partial charge in [0.1, 0.15) is 6.20 Å². The molecule has 2 fully saturated rings. The second-order valence-electron chi connectivity index (χ2n) is 7.29. The molecule has 6 nitrogen and oxygen atoms in total. The summed E-state index contributed by atoms with van der Waals surface area (Å²) in [7, 11) is 1.71. The lowest BCUT2D eigenvalue weighted by molar-refractivity contribution is -0.384. The molecule has 0 aliphatic heterocycles. The summed E-state index contributed by atoms with van der Waals surface area (Å²) in [5, 5.41) is 18.8. The number of fused-ring (bicyclic) bond motifs is 2. The highest BCUT2D eigenvalue weighted by atomic mass is 16.6. The molecule has 2 bridgehead atoms. The zero-order chi connectivity index (χ0) is 14.7. The van der Waals surface area contributed by atoms with E-state index in [0.29, 0.717) is 11.7 Å². The zero-order valence-electron chi connectivity index (χ0n) is 12.5. The van der Waals surface area contributed by atoms with Crippen LogP contribution < -0.4 is 5.32 Å². The van der Waals surface area contributed by atoms with E-state index in [4.69, 9.17) is 0 Å². The minimum absolute atomic E-state index is 0.0645. The normalized spacial score (nSPS) is 34.4. The van der Waals surface area contributed by atoms with E-state index >= 15 is 0 Å². The van der Waals surface area contributed by atoms with Crippen LogP contribution in [0.1, 0.15) is 40.0 Å². The number of aromatic nitrogens is 2. The minimum atomic E-state index is -0.363. The Balaban J connectivity index is 1.93. The first-order chi connectivity index (χ1) is 9.24. The van der Waals surface area contributed by atoms with Gasteiger partial charge in [-0.25, -0.2) is 0 Å². The van der Waals surface area contributed by atoms with E-state index in [0.717, 1.165) is 0 Å². The van der Waals surface area contributed by atoms with Gasteiger partial charge < -0.3 is 5.32 Å². The van der Waals surface area contributed by atoms with E-state index in [9.17, 15) is 10.1 Å². The van der Waals surface area contributed by atoms with Crippen LogP contribution in [0.25, 0.3) is 0 Å². The molecule has 1 N–H and O–H groups in total. The van der Waals surface area contributed by atoms with Crippen LogP contribution in [0.15, 0.2) is 6.20 Å². The van der Waals surface area contributed by atoms with Crippen LogP contribution >= 0.6 is 0 Å². The molecule has 1 aromatic rings. The fraction of sp³-hybridized carbons (Fsp3) is 0.786. The van der Waals surface area contributed by atoms with Gasteiger partial charge in [0.2, 0.25) is 5.82 Å². The average molecular weight is 278 g/mol. The van der Waals surface area contributed by atoms with Gasteiger partial charge in [0, 0.05) is 13.1 Å². The second kappa shape index (κ2) is 3.96. The van der Waals surface area contributed by atoms with E-state index in [2.05, 4.69) is 31.2 Å². The van der Waals surface area contributed by atoms with Crippen molar-refractivity contribution in [3.8, 4) is 0 Å². The van der Waals surface area contributed by atoms with Gasteiger partial charge in [-0.15, -0.1) is 5.10 Å². The SMILES string of the molecule is Cn1cc([N+](=O)[O-])c(NC2C3(C)CCC(C3)C2(C)C)n1. The molecule has 1 heterocycles. The largest absolute Gasteiger partial charge is 0.359 e. The fourth-order valence-electron chi connectivity index (χ4n) is 4.51. The number of nitrogens with one attached hydrogen (secondary N) is 1. The van der Waals surface area contributed by atoms with E-state index in [-0.39, 0.29) is 27.5 Å². The lowest BCUT2D eigenvalue weighted by Crippen LogP contribution is -2.46. The van der Waals surface area contributed by atoms with Gasteiger partial charge in [0.15, 0.2) is 0 Å². The van der Waals surface area contributed by atoms with Gasteiger partial charge in [-0.1, -0.05) is 20.8 Å². The van der Waals surface area contributed by atoms with Crippen LogP contribution in [0.4, 0.5) is 11.5 Å². The zero-order valence-corrected chi connectivity index (χ0v) is 12.5. The van der Waals surface area contributed by atoms with Crippen molar-refractivity contribution in [3.63, 3.8) is 0 Å². The topological polar surface area (TPSA) is 73.0 Å². The van der Waals surface area contributed by atoms with Gasteiger partial charge >= 0.3 is 5.69 Å². The predicted molar refractivity (Wildman–Crippen MR) is 76.5 cm³/mol. The third kappa shape index (κ3) is 1.73. The highest BCUT2D eigenvalue weighted by molar-refractivity contribution is 5.56. The van der Waals surface area contributed by atoms with Crippen LogP contribution in [-0.4, -0.2) is 20.7 Å². The molecule has 2 aliphatic rings. The lowest BCUT2D eigenvalue weighted by Gasteiger charge is -2.43. The Morgan fingerprint density at radius 2 is 2.20 bits per heavy atom. The summed E-state index contributed by atoms with van der Waals surface area (Å²) in [6, 6.07) is 0.238. The molecule has 2 aliphatic carbocycles. The first-order valence-electron chi connectivity index (χ1n) is 7.18. The van der Waals surface area contributed by atoms with Gasteiger partial charge in [-0.2, -0.15) is 0 Å². The average Bonchev–Trinajstić information content (AvgIpc) is 2.94. The summed E-state index contributed by atoms with van der Waals surface area (Å²) in [5.74, 6) is 1.11. The van der Waals surface area contributed by atoms with Crippen LogP contribution in [0.5, 0.6) is 0 Å². The summed E-state index contributed by atoms with van der Waals surface area (Å²) in [4.78, 5) is 10.8. The third-order valence-corrected chi connectivity index (χ3v) is 5.56. The maximum Gasteiger partial charge on any atom is 0.330 e. The molecular weight excluding hydrogens is 256 g/mol. The number of aryl methyl sites for hydroxylation is 1. The van der Waals surface area contributed by atoms with E-state index in [1.165, 1.54) is 30.1 Å². The summed E-state index contributed by atoms with van der Waals surface area (Å²) in [5.41, 5.74) is 0.437. The van der Waals surface area contributed by atoms with Crippen molar-refractivity contribution in [1.82, 2.24) is 9.78 Å². The molecule has 0 amide bonds. The number of rotatable bonds is 3. The number of nitro groups is 1. The first-order valence-corrected chi connectivity index (χ1v) is 7.18. The Labute approximate surface area is 118 Å². The standard InChI is InChI=1S/C14H22N4O2/c1-13(2)9-5-6-14(3,7-9)12(13)15-11-10(18(19)20)8-17(4)16-11/h8-9,12H,5-7H2,1-4H3,(H,15,16). The van der Waals surface area contributed by atoms with Crippen molar-refractivity contribution in [1.29, 1.82) is 0 Å². The van der Waals surface area contributed by atoms with Crippen LogP contribution in [0, 0.1) is 26.9 Å². The highest BCUT2D eigenvalue weighted by Gasteiger charge is 2.59. The van der Waals surface area contributed by atoms with Gasteiger partial charge in [-0.3, -0.25) is 14.8 Å². The minimum Gasteiger partial charge on any atom is -0.359 e. The molecule has 2 saturated carbocycles. The van der Waals surface area contributed by atoms with Crippen LogP contribution in [0.2, 0.25) is 0 Å². The Hall–Kier alpha value is -1.59. The second-order valence-corrected chi connectivity index (χ2v) is 7.29. The van der Waals surface area contributed by atoms with Crippen LogP contribution in [0.3, 0.4) is 0 Å². The predicted octanol–water partition coefficient (Wildman–Crippen LogP) is 2.96. The molecule has 0 radical (unpaired) electrons. The summed E-state index contributed by atoms with van der Waals surface area (Å²) >= 11 is 0. The first kappa shape index (κ1) is 13.4. The molecule has 0 spiro atoms. The van der Waals surface area contributed by atoms with Crippen molar-refractivity contribution in [2.75, 3.05) is 5.32 Å². The lowest BCUT2D eigenvalue weighted by atomic mass is 9.68. The van der Waals surface area contributed by atoms with Crippen LogP contribution in [-0.2, 0) is 7.05 Å². The molecule has 0 saturated heterocycles. The Morgan fingerprint density at radius 1 is 1.50 bits per heavy atom. The number of hydrogen-bond acceptors (Lipinski definition) is 4. The number of anilines is 1. The van der Waals surface area contributed by atoms with Gasteiger partial charge in [0.25, 0.3) is 0 Å². The maximum atomic E-state index is 11.1. The summed E-state index contributed by atoms with van der Waals surface area (Å²) in [6.45, 7) is 6.84. The molecule has 20 heavy (non-hydrogen) atoms. The number of hydrogen-bond donors (Lipinski definition) is 1. The molecule has 6 heteroatoms. The molecule has 0 aromatic carbocycles. The summed E-state index contributed by atoms with van der Waals surface area (Å²) < 4.78 is 1.50. The maximum absolute atomic E-state index is 11.1. The van der Waals surface area contributed by atoms with E-state index in [1.54, 1.807) is 7.05 Å². The van der Waals surface area contributed by atoms with Crippen molar-refractivity contribution in [3.05, 3.63) is 16.3 Å². The molecular formula is C14H22N4O2. The quantitative estimate of drug-likeness (QED) is 0.681. The monoisotopic (exact) mass is 278 g/mol. The Kier molecular flexibility index (Phi) is 2.65. The number of nitrogens with zero attached hydrogens (tertiary/aromatic N) is 3. The fourth-order valence-corrected chi connectivity index (χ4v) is 4.51. The van der Waals surface area contributed by atoms with Crippen molar-refractivity contribution < 1.29 is 4.92 Å². The van der Waals surface area contributed by atoms with Crippen molar-refractivity contribution >= 4 is 11.5 Å². The van der Waals surface area contributed by atoms with E-state index in [1.807, 2.05) is 0 Å². The molecule has 3 atom stereocenters. The van der Waals surface area contributed by atoms with Crippen molar-refractivity contribution in [2.24, 2.45) is 23.8 Å².